The van der Waals surface area contributed by atoms with Crippen LogP contribution in [0.4, 0.5) is 16.2 Å². The third-order valence-electron chi connectivity index (χ3n) is 3.88. The summed E-state index contributed by atoms with van der Waals surface area (Å²) >= 11 is 0. The molecular formula is C17H17N3O5S. The van der Waals surface area contributed by atoms with Gasteiger partial charge in [-0.05, 0) is 48.4 Å². The normalized spacial score (nSPS) is 13.3. The molecule has 0 atom stereocenters. The first-order valence-corrected chi connectivity index (χ1v) is 9.26. The van der Waals surface area contributed by atoms with Gasteiger partial charge in [0, 0.05) is 23.5 Å². The average Bonchev–Trinajstić information content (AvgIpc) is 2.62. The van der Waals surface area contributed by atoms with Gasteiger partial charge in [-0.1, -0.05) is 6.07 Å². The fourth-order valence-electron chi connectivity index (χ4n) is 2.58. The maximum Gasteiger partial charge on any atom is 0.411 e. The van der Waals surface area contributed by atoms with Gasteiger partial charge < -0.3 is 10.1 Å². The summed E-state index contributed by atoms with van der Waals surface area (Å²) in [6.07, 6.45) is 0.0639. The Morgan fingerprint density at radius 3 is 2.50 bits per heavy atom. The molecule has 1 aliphatic heterocycles. The Morgan fingerprint density at radius 2 is 1.81 bits per heavy atom. The SMILES string of the molecule is COC(=O)Nc1ccc(S(=O)(=O)Nc2ccc3c(c2)C(=O)NCC3)cc1. The van der Waals surface area contributed by atoms with E-state index in [4.69, 9.17) is 0 Å². The summed E-state index contributed by atoms with van der Waals surface area (Å²) in [4.78, 5) is 23.1. The third kappa shape index (κ3) is 3.77. The predicted octanol–water partition coefficient (Wildman–Crippen LogP) is 1.95. The summed E-state index contributed by atoms with van der Waals surface area (Å²) in [5.74, 6) is -0.217. The molecule has 0 bridgehead atoms. The first-order chi connectivity index (χ1) is 12.4. The van der Waals surface area contributed by atoms with E-state index in [1.54, 1.807) is 12.1 Å². The van der Waals surface area contributed by atoms with E-state index in [-0.39, 0.29) is 10.8 Å². The lowest BCUT2D eigenvalue weighted by Crippen LogP contribution is -2.31. The monoisotopic (exact) mass is 375 g/mol. The van der Waals surface area contributed by atoms with Gasteiger partial charge >= 0.3 is 6.09 Å². The minimum Gasteiger partial charge on any atom is -0.453 e. The van der Waals surface area contributed by atoms with Gasteiger partial charge in [0.1, 0.15) is 0 Å². The van der Waals surface area contributed by atoms with Crippen LogP contribution in [0.25, 0.3) is 0 Å². The smallest absolute Gasteiger partial charge is 0.411 e. The van der Waals surface area contributed by atoms with Crippen LogP contribution in [0.1, 0.15) is 15.9 Å². The quantitative estimate of drug-likeness (QED) is 0.756. The number of sulfonamides is 1. The number of methoxy groups -OCH3 is 1. The van der Waals surface area contributed by atoms with Crippen LogP contribution in [0.2, 0.25) is 0 Å². The highest BCUT2D eigenvalue weighted by molar-refractivity contribution is 7.92. The van der Waals surface area contributed by atoms with Crippen LogP contribution in [0.5, 0.6) is 0 Å². The Labute approximate surface area is 150 Å². The first kappa shape index (κ1) is 17.7. The topological polar surface area (TPSA) is 114 Å². The summed E-state index contributed by atoms with van der Waals surface area (Å²) in [6, 6.07) is 10.5. The van der Waals surface area contributed by atoms with E-state index in [1.165, 1.54) is 37.4 Å². The molecule has 0 aliphatic carbocycles. The summed E-state index contributed by atoms with van der Waals surface area (Å²) in [5.41, 5.74) is 2.06. The van der Waals surface area contributed by atoms with E-state index < -0.39 is 16.1 Å². The molecule has 0 saturated carbocycles. The lowest BCUT2D eigenvalue weighted by Gasteiger charge is -2.17. The fourth-order valence-corrected chi connectivity index (χ4v) is 3.63. The molecule has 1 heterocycles. The number of carbonyl (C=O) groups is 2. The zero-order chi connectivity index (χ0) is 18.7. The number of hydrogen-bond donors (Lipinski definition) is 3. The highest BCUT2D eigenvalue weighted by Gasteiger charge is 2.19. The number of nitrogens with one attached hydrogen (secondary N) is 3. The number of ether oxygens (including phenoxy) is 1. The molecular weight excluding hydrogens is 358 g/mol. The lowest BCUT2D eigenvalue weighted by atomic mass is 10.00. The van der Waals surface area contributed by atoms with Gasteiger partial charge in [0.05, 0.1) is 12.0 Å². The second-order valence-electron chi connectivity index (χ2n) is 5.62. The Bertz CT molecular complexity index is 955. The number of fused-ring (bicyclic) bond motifs is 1. The minimum absolute atomic E-state index is 0.0232. The van der Waals surface area contributed by atoms with Crippen molar-refractivity contribution in [3.63, 3.8) is 0 Å². The molecule has 0 fully saturated rings. The van der Waals surface area contributed by atoms with E-state index in [0.29, 0.717) is 29.9 Å². The van der Waals surface area contributed by atoms with E-state index in [2.05, 4.69) is 20.1 Å². The third-order valence-corrected chi connectivity index (χ3v) is 5.28. The molecule has 2 aromatic carbocycles. The van der Waals surface area contributed by atoms with Crippen molar-refractivity contribution in [2.45, 2.75) is 11.3 Å². The largest absolute Gasteiger partial charge is 0.453 e. The van der Waals surface area contributed by atoms with Crippen molar-refractivity contribution < 1.29 is 22.7 Å². The van der Waals surface area contributed by atoms with E-state index in [0.717, 1.165) is 5.56 Å². The molecule has 9 heteroatoms. The molecule has 0 aromatic heterocycles. The van der Waals surface area contributed by atoms with Crippen LogP contribution in [-0.4, -0.2) is 34.1 Å². The summed E-state index contributed by atoms with van der Waals surface area (Å²) < 4.78 is 32.0. The molecule has 2 amide bonds. The van der Waals surface area contributed by atoms with E-state index in [1.807, 2.05) is 0 Å². The fraction of sp³-hybridized carbons (Fsp3) is 0.176. The van der Waals surface area contributed by atoms with Crippen LogP contribution in [-0.2, 0) is 21.2 Å². The van der Waals surface area contributed by atoms with Crippen molar-refractivity contribution in [3.8, 4) is 0 Å². The second kappa shape index (κ2) is 7.04. The van der Waals surface area contributed by atoms with Gasteiger partial charge in [0.15, 0.2) is 0 Å². The summed E-state index contributed by atoms with van der Waals surface area (Å²) in [5, 5.41) is 5.16. The number of benzene rings is 2. The predicted molar refractivity (Wildman–Crippen MR) is 95.8 cm³/mol. The van der Waals surface area contributed by atoms with Gasteiger partial charge in [-0.15, -0.1) is 0 Å². The standard InChI is InChI=1S/C17H17N3O5S/c1-25-17(22)19-12-4-6-14(7-5-12)26(23,24)20-13-3-2-11-8-9-18-16(21)15(11)10-13/h2-7,10,20H,8-9H2,1H3,(H,18,21)(H,19,22). The van der Waals surface area contributed by atoms with Gasteiger partial charge in [0.2, 0.25) is 0 Å². The number of hydrogen-bond acceptors (Lipinski definition) is 5. The number of amides is 2. The highest BCUT2D eigenvalue weighted by atomic mass is 32.2. The van der Waals surface area contributed by atoms with Crippen molar-refractivity contribution in [1.82, 2.24) is 5.32 Å². The molecule has 1 aliphatic rings. The molecule has 0 spiro atoms. The molecule has 0 saturated heterocycles. The Morgan fingerprint density at radius 1 is 1.12 bits per heavy atom. The van der Waals surface area contributed by atoms with Crippen molar-refractivity contribution in [2.24, 2.45) is 0 Å². The van der Waals surface area contributed by atoms with Crippen LogP contribution < -0.4 is 15.4 Å². The molecule has 3 rings (SSSR count). The van der Waals surface area contributed by atoms with E-state index >= 15 is 0 Å². The van der Waals surface area contributed by atoms with Crippen LogP contribution in [0.3, 0.4) is 0 Å². The van der Waals surface area contributed by atoms with Gasteiger partial charge in [0.25, 0.3) is 15.9 Å². The zero-order valence-corrected chi connectivity index (χ0v) is 14.7. The second-order valence-corrected chi connectivity index (χ2v) is 7.31. The van der Waals surface area contributed by atoms with Crippen LogP contribution >= 0.6 is 0 Å². The molecule has 0 radical (unpaired) electrons. The van der Waals surface area contributed by atoms with Crippen LogP contribution in [0, 0.1) is 0 Å². The molecule has 2 aromatic rings. The van der Waals surface area contributed by atoms with Gasteiger partial charge in [-0.2, -0.15) is 0 Å². The molecule has 8 nitrogen and oxygen atoms in total. The van der Waals surface area contributed by atoms with Crippen molar-refractivity contribution in [2.75, 3.05) is 23.7 Å². The zero-order valence-electron chi connectivity index (χ0n) is 13.9. The Hall–Kier alpha value is -3.07. The molecule has 0 unspecified atom stereocenters. The first-order valence-electron chi connectivity index (χ1n) is 7.78. The average molecular weight is 375 g/mol. The Balaban J connectivity index is 1.80. The number of rotatable bonds is 4. The van der Waals surface area contributed by atoms with Crippen molar-refractivity contribution in [3.05, 3.63) is 53.6 Å². The summed E-state index contributed by atoms with van der Waals surface area (Å²) in [6.45, 7) is 0.572. The lowest BCUT2D eigenvalue weighted by molar-refractivity contribution is 0.0946. The van der Waals surface area contributed by atoms with Gasteiger partial charge in [-0.25, -0.2) is 13.2 Å². The molecule has 3 N–H and O–H groups in total. The van der Waals surface area contributed by atoms with E-state index in [9.17, 15) is 18.0 Å². The maximum absolute atomic E-state index is 12.5. The molecule has 26 heavy (non-hydrogen) atoms. The highest BCUT2D eigenvalue weighted by Crippen LogP contribution is 2.22. The van der Waals surface area contributed by atoms with Crippen molar-refractivity contribution >= 4 is 33.4 Å². The van der Waals surface area contributed by atoms with Crippen LogP contribution in [0.15, 0.2) is 47.4 Å². The van der Waals surface area contributed by atoms with Gasteiger partial charge in [-0.3, -0.25) is 14.8 Å². The molecule has 136 valence electrons. The number of carbonyl (C=O) groups excluding carboxylic acids is 2. The number of anilines is 2. The summed E-state index contributed by atoms with van der Waals surface area (Å²) in [7, 11) is -2.60. The maximum atomic E-state index is 12.5. The minimum atomic E-state index is -3.83. The van der Waals surface area contributed by atoms with Crippen molar-refractivity contribution in [1.29, 1.82) is 0 Å². The Kier molecular flexibility index (Phi) is 4.81.